The Balaban J connectivity index is 1.64. The fourth-order valence-electron chi connectivity index (χ4n) is 5.25. The van der Waals surface area contributed by atoms with Crippen LogP contribution in [0.25, 0.3) is 0 Å². The highest BCUT2D eigenvalue weighted by atomic mass is 15.1. The lowest BCUT2D eigenvalue weighted by Crippen LogP contribution is -2.46. The second-order valence-electron chi connectivity index (χ2n) is 7.06. The van der Waals surface area contributed by atoms with E-state index in [4.69, 9.17) is 0 Å². The summed E-state index contributed by atoms with van der Waals surface area (Å²) < 4.78 is 0. The molecule has 0 amide bonds. The van der Waals surface area contributed by atoms with Crippen LogP contribution >= 0.6 is 0 Å². The van der Waals surface area contributed by atoms with Crippen molar-refractivity contribution >= 4 is 0 Å². The van der Waals surface area contributed by atoms with Crippen LogP contribution in [-0.2, 0) is 6.42 Å². The lowest BCUT2D eigenvalue weighted by Gasteiger charge is -2.50. The maximum atomic E-state index is 2.55. The topological polar surface area (TPSA) is 3.24 Å². The SMILES string of the molecule is CN1CC[C@H]2[C@@H](CC[C@@H]3c4ccccc4CC[C@H]23)C1. The molecular weight excluding hydrogens is 230 g/mol. The molecule has 0 N–H and O–H groups in total. The number of fused-ring (bicyclic) bond motifs is 5. The molecular formula is C18H25N. The first-order valence-corrected chi connectivity index (χ1v) is 8.09. The molecule has 102 valence electrons. The van der Waals surface area contributed by atoms with Gasteiger partial charge in [-0.25, -0.2) is 0 Å². The molecule has 2 fully saturated rings. The van der Waals surface area contributed by atoms with Crippen LogP contribution in [0.15, 0.2) is 24.3 Å². The van der Waals surface area contributed by atoms with E-state index in [-0.39, 0.29) is 0 Å². The fraction of sp³-hybridized carbons (Fsp3) is 0.667. The summed E-state index contributed by atoms with van der Waals surface area (Å²) in [6.45, 7) is 2.68. The van der Waals surface area contributed by atoms with E-state index >= 15 is 0 Å². The molecule has 0 bridgehead atoms. The van der Waals surface area contributed by atoms with Crippen molar-refractivity contribution in [3.63, 3.8) is 0 Å². The van der Waals surface area contributed by atoms with Crippen molar-refractivity contribution in [3.8, 4) is 0 Å². The molecule has 3 aliphatic rings. The Labute approximate surface area is 117 Å². The predicted molar refractivity (Wildman–Crippen MR) is 79.3 cm³/mol. The zero-order valence-electron chi connectivity index (χ0n) is 12.0. The van der Waals surface area contributed by atoms with Crippen LogP contribution in [0, 0.1) is 17.8 Å². The van der Waals surface area contributed by atoms with Crippen LogP contribution in [0.3, 0.4) is 0 Å². The van der Waals surface area contributed by atoms with Crippen LogP contribution < -0.4 is 0 Å². The van der Waals surface area contributed by atoms with Crippen molar-refractivity contribution in [2.45, 2.75) is 38.0 Å². The Hall–Kier alpha value is -0.820. The van der Waals surface area contributed by atoms with E-state index in [2.05, 4.69) is 36.2 Å². The fourth-order valence-corrected chi connectivity index (χ4v) is 5.25. The molecule has 19 heavy (non-hydrogen) atoms. The van der Waals surface area contributed by atoms with Crippen LogP contribution in [0.5, 0.6) is 0 Å². The molecule has 4 atom stereocenters. The molecule has 1 saturated carbocycles. The lowest BCUT2D eigenvalue weighted by molar-refractivity contribution is 0.0385. The van der Waals surface area contributed by atoms with Crippen molar-refractivity contribution in [2.24, 2.45) is 17.8 Å². The van der Waals surface area contributed by atoms with Crippen LogP contribution in [0.2, 0.25) is 0 Å². The number of hydrogen-bond acceptors (Lipinski definition) is 1. The number of rotatable bonds is 0. The highest BCUT2D eigenvalue weighted by molar-refractivity contribution is 5.34. The molecule has 1 aromatic carbocycles. The number of piperidine rings is 1. The molecule has 0 radical (unpaired) electrons. The van der Waals surface area contributed by atoms with E-state index in [1.54, 1.807) is 11.1 Å². The van der Waals surface area contributed by atoms with Gasteiger partial charge in [0.2, 0.25) is 0 Å². The lowest BCUT2D eigenvalue weighted by atomic mass is 9.58. The third-order valence-electron chi connectivity index (χ3n) is 6.11. The molecule has 1 aromatic rings. The second-order valence-corrected chi connectivity index (χ2v) is 7.06. The Kier molecular flexibility index (Phi) is 2.91. The third kappa shape index (κ3) is 1.94. The molecule has 0 unspecified atom stereocenters. The minimum absolute atomic E-state index is 0.884. The van der Waals surface area contributed by atoms with Gasteiger partial charge in [0.25, 0.3) is 0 Å². The van der Waals surface area contributed by atoms with Gasteiger partial charge in [-0.15, -0.1) is 0 Å². The average molecular weight is 255 g/mol. The van der Waals surface area contributed by atoms with Gasteiger partial charge in [-0.2, -0.15) is 0 Å². The maximum Gasteiger partial charge on any atom is 0.000937 e. The van der Waals surface area contributed by atoms with Crippen molar-refractivity contribution in [3.05, 3.63) is 35.4 Å². The zero-order valence-corrected chi connectivity index (χ0v) is 12.0. The van der Waals surface area contributed by atoms with Crippen LogP contribution in [0.4, 0.5) is 0 Å². The normalized spacial score (nSPS) is 38.2. The molecule has 1 heteroatoms. The predicted octanol–water partition coefficient (Wildman–Crippen LogP) is 3.69. The highest BCUT2D eigenvalue weighted by Crippen LogP contribution is 2.51. The molecule has 1 saturated heterocycles. The van der Waals surface area contributed by atoms with Crippen LogP contribution in [0.1, 0.15) is 42.7 Å². The van der Waals surface area contributed by atoms with E-state index in [9.17, 15) is 0 Å². The van der Waals surface area contributed by atoms with Gasteiger partial charge in [0.05, 0.1) is 0 Å². The van der Waals surface area contributed by atoms with Gasteiger partial charge in [0.15, 0.2) is 0 Å². The first kappa shape index (κ1) is 12.0. The van der Waals surface area contributed by atoms with Gasteiger partial charge in [-0.05, 0) is 80.5 Å². The summed E-state index contributed by atoms with van der Waals surface area (Å²) in [6.07, 6.45) is 7.13. The Morgan fingerprint density at radius 3 is 2.84 bits per heavy atom. The average Bonchev–Trinajstić information content (AvgIpc) is 2.46. The van der Waals surface area contributed by atoms with E-state index < -0.39 is 0 Å². The first-order chi connectivity index (χ1) is 9.33. The number of aryl methyl sites for hydroxylation is 1. The molecule has 2 aliphatic carbocycles. The summed E-state index contributed by atoms with van der Waals surface area (Å²) in [5.41, 5.74) is 3.35. The van der Waals surface area contributed by atoms with Gasteiger partial charge in [0.1, 0.15) is 0 Å². The van der Waals surface area contributed by atoms with Gasteiger partial charge in [-0.3, -0.25) is 0 Å². The van der Waals surface area contributed by atoms with Gasteiger partial charge in [-0.1, -0.05) is 24.3 Å². The molecule has 0 aromatic heterocycles. The Morgan fingerprint density at radius 2 is 1.89 bits per heavy atom. The van der Waals surface area contributed by atoms with Crippen LogP contribution in [-0.4, -0.2) is 25.0 Å². The molecule has 0 spiro atoms. The number of likely N-dealkylation sites (tertiary alicyclic amines) is 1. The van der Waals surface area contributed by atoms with E-state index in [0.29, 0.717) is 0 Å². The highest BCUT2D eigenvalue weighted by Gasteiger charge is 2.43. The summed E-state index contributed by atoms with van der Waals surface area (Å²) in [4.78, 5) is 2.55. The van der Waals surface area contributed by atoms with Crippen molar-refractivity contribution in [1.29, 1.82) is 0 Å². The van der Waals surface area contributed by atoms with Gasteiger partial charge >= 0.3 is 0 Å². The van der Waals surface area contributed by atoms with Crippen molar-refractivity contribution < 1.29 is 0 Å². The zero-order chi connectivity index (χ0) is 12.8. The summed E-state index contributed by atoms with van der Waals surface area (Å²) in [5, 5.41) is 0. The Bertz CT molecular complexity index is 467. The summed E-state index contributed by atoms with van der Waals surface area (Å²) in [6, 6.07) is 9.26. The summed E-state index contributed by atoms with van der Waals surface area (Å²) >= 11 is 0. The second kappa shape index (κ2) is 4.63. The molecule has 1 nitrogen and oxygen atoms in total. The quantitative estimate of drug-likeness (QED) is 0.683. The number of nitrogens with zero attached hydrogens (tertiary/aromatic N) is 1. The van der Waals surface area contributed by atoms with E-state index in [1.165, 1.54) is 45.2 Å². The monoisotopic (exact) mass is 255 g/mol. The number of benzene rings is 1. The van der Waals surface area contributed by atoms with E-state index in [1.807, 2.05) is 0 Å². The third-order valence-corrected chi connectivity index (χ3v) is 6.11. The Morgan fingerprint density at radius 1 is 1.00 bits per heavy atom. The molecule has 1 heterocycles. The maximum absolute atomic E-state index is 2.55. The van der Waals surface area contributed by atoms with Gasteiger partial charge < -0.3 is 4.90 Å². The smallest absolute Gasteiger partial charge is 0.000937 e. The molecule has 1 aliphatic heterocycles. The van der Waals surface area contributed by atoms with E-state index in [0.717, 1.165) is 23.7 Å². The van der Waals surface area contributed by atoms with Gasteiger partial charge in [0, 0.05) is 6.54 Å². The minimum Gasteiger partial charge on any atom is -0.306 e. The largest absolute Gasteiger partial charge is 0.306 e. The first-order valence-electron chi connectivity index (χ1n) is 8.09. The summed E-state index contributed by atoms with van der Waals surface area (Å²) in [5.74, 6) is 3.88. The number of hydrogen-bond donors (Lipinski definition) is 0. The summed E-state index contributed by atoms with van der Waals surface area (Å²) in [7, 11) is 2.30. The van der Waals surface area contributed by atoms with Crippen molar-refractivity contribution in [2.75, 3.05) is 20.1 Å². The standard InChI is InChI=1S/C18H25N/c1-19-11-10-16-14(12-19)7-9-17-15-5-3-2-4-13(15)6-8-18(16)17/h2-5,14,16-18H,6-12H2,1H3/t14-,16-,17+,18+/m0/s1. The molecule has 4 rings (SSSR count). The van der Waals surface area contributed by atoms with Crippen molar-refractivity contribution in [1.82, 2.24) is 4.90 Å². The minimum atomic E-state index is 0.884.